The Hall–Kier alpha value is -2.16. The largest absolute Gasteiger partial charge is 0.224 e. The average Bonchev–Trinajstić information content (AvgIpc) is 3.10. The summed E-state index contributed by atoms with van der Waals surface area (Å²) in [7, 11) is 0. The minimum atomic E-state index is -0.0598. The van der Waals surface area contributed by atoms with Gasteiger partial charge in [0, 0.05) is 5.57 Å². The molecule has 2 heteroatoms. The van der Waals surface area contributed by atoms with Crippen LogP contribution in [-0.4, -0.2) is 12.2 Å². The van der Waals surface area contributed by atoms with Crippen LogP contribution in [0.1, 0.15) is 11.1 Å². The van der Waals surface area contributed by atoms with Crippen LogP contribution in [0, 0.1) is 0 Å². The van der Waals surface area contributed by atoms with Crippen LogP contribution in [0.3, 0.4) is 0 Å². The van der Waals surface area contributed by atoms with E-state index in [4.69, 9.17) is 9.78 Å². The minimum absolute atomic E-state index is 0.0598. The predicted octanol–water partition coefficient (Wildman–Crippen LogP) is 3.76. The van der Waals surface area contributed by atoms with Gasteiger partial charge in [-0.2, -0.15) is 0 Å². The molecule has 1 aliphatic carbocycles. The maximum Gasteiger partial charge on any atom is 0.136 e. The van der Waals surface area contributed by atoms with Crippen molar-refractivity contribution in [1.29, 1.82) is 0 Å². The maximum atomic E-state index is 5.34. The Morgan fingerprint density at radius 1 is 0.650 bits per heavy atom. The van der Waals surface area contributed by atoms with Gasteiger partial charge < -0.3 is 0 Å². The van der Waals surface area contributed by atoms with Crippen LogP contribution in [0.25, 0.3) is 5.57 Å². The molecule has 0 aromatic heterocycles. The molecule has 0 spiro atoms. The van der Waals surface area contributed by atoms with Crippen molar-refractivity contribution in [2.24, 2.45) is 0 Å². The lowest BCUT2D eigenvalue weighted by molar-refractivity contribution is -0.286. The van der Waals surface area contributed by atoms with Gasteiger partial charge in [-0.25, -0.2) is 9.78 Å². The van der Waals surface area contributed by atoms with Gasteiger partial charge in [0.2, 0.25) is 0 Å². The Bertz CT molecular complexity index is 614. The van der Waals surface area contributed by atoms with Crippen LogP contribution in [0.15, 0.2) is 78.4 Å². The fraction of sp³-hybridized carbons (Fsp3) is 0.111. The normalized spacial score (nSPS) is 23.3. The molecule has 2 bridgehead atoms. The van der Waals surface area contributed by atoms with Gasteiger partial charge >= 0.3 is 0 Å². The third-order valence-electron chi connectivity index (χ3n) is 3.75. The fourth-order valence-corrected chi connectivity index (χ4v) is 2.85. The number of hydrogen-bond donors (Lipinski definition) is 0. The molecular weight excluding hydrogens is 248 g/mol. The molecule has 2 unspecified atom stereocenters. The molecule has 20 heavy (non-hydrogen) atoms. The van der Waals surface area contributed by atoms with Crippen molar-refractivity contribution in [2.75, 3.05) is 0 Å². The number of fused-ring (bicyclic) bond motifs is 2. The first-order valence-electron chi connectivity index (χ1n) is 6.79. The molecule has 2 nitrogen and oxygen atoms in total. The fourth-order valence-electron chi connectivity index (χ4n) is 2.85. The van der Waals surface area contributed by atoms with Crippen LogP contribution in [0.2, 0.25) is 0 Å². The third-order valence-corrected chi connectivity index (χ3v) is 3.75. The number of rotatable bonds is 2. The molecule has 2 aromatic rings. The molecule has 2 atom stereocenters. The SMILES string of the molecule is C1=CC2OOC1C2=C(c1ccccc1)c1ccccc1. The van der Waals surface area contributed by atoms with Crippen LogP contribution < -0.4 is 0 Å². The van der Waals surface area contributed by atoms with Gasteiger partial charge in [-0.05, 0) is 28.9 Å². The summed E-state index contributed by atoms with van der Waals surface area (Å²) in [6.45, 7) is 0. The Morgan fingerprint density at radius 2 is 1.10 bits per heavy atom. The molecule has 0 radical (unpaired) electrons. The van der Waals surface area contributed by atoms with Crippen molar-refractivity contribution in [3.63, 3.8) is 0 Å². The van der Waals surface area contributed by atoms with Gasteiger partial charge in [0.15, 0.2) is 0 Å². The highest BCUT2D eigenvalue weighted by Crippen LogP contribution is 2.40. The summed E-state index contributed by atoms with van der Waals surface area (Å²) in [4.78, 5) is 10.7. The first-order valence-corrected chi connectivity index (χ1v) is 6.79. The van der Waals surface area contributed by atoms with Crippen LogP contribution in [0.5, 0.6) is 0 Å². The summed E-state index contributed by atoms with van der Waals surface area (Å²) < 4.78 is 0. The van der Waals surface area contributed by atoms with Crippen LogP contribution >= 0.6 is 0 Å². The Kier molecular flexibility index (Phi) is 2.76. The van der Waals surface area contributed by atoms with Crippen LogP contribution in [0.4, 0.5) is 0 Å². The zero-order valence-corrected chi connectivity index (χ0v) is 10.9. The number of benzene rings is 2. The molecule has 1 aliphatic heterocycles. The standard InChI is InChI=1S/C18H14O2/c1-3-7-13(8-4-1)17(14-9-5-2-6-10-14)18-15-11-12-16(18)20-19-15/h1-12,15-16H. The van der Waals surface area contributed by atoms with Gasteiger partial charge in [0.25, 0.3) is 0 Å². The van der Waals surface area contributed by atoms with Gasteiger partial charge in [-0.15, -0.1) is 0 Å². The monoisotopic (exact) mass is 262 g/mol. The zero-order chi connectivity index (χ0) is 13.4. The zero-order valence-electron chi connectivity index (χ0n) is 10.9. The van der Waals surface area contributed by atoms with E-state index < -0.39 is 0 Å². The summed E-state index contributed by atoms with van der Waals surface area (Å²) in [6, 6.07) is 20.8. The van der Waals surface area contributed by atoms with E-state index in [0.29, 0.717) is 0 Å². The van der Waals surface area contributed by atoms with Gasteiger partial charge in [-0.1, -0.05) is 60.7 Å². The summed E-state index contributed by atoms with van der Waals surface area (Å²) in [6.07, 6.45) is 4.01. The summed E-state index contributed by atoms with van der Waals surface area (Å²) >= 11 is 0. The van der Waals surface area contributed by atoms with Crippen molar-refractivity contribution >= 4 is 5.57 Å². The Labute approximate surface area is 117 Å². The lowest BCUT2D eigenvalue weighted by Crippen LogP contribution is -2.06. The van der Waals surface area contributed by atoms with E-state index in [1.54, 1.807) is 0 Å². The van der Waals surface area contributed by atoms with Crippen molar-refractivity contribution in [2.45, 2.75) is 12.2 Å². The van der Waals surface area contributed by atoms with Crippen molar-refractivity contribution in [1.82, 2.24) is 0 Å². The van der Waals surface area contributed by atoms with E-state index in [-0.39, 0.29) is 12.2 Å². The van der Waals surface area contributed by atoms with Gasteiger partial charge in [0.05, 0.1) is 0 Å². The van der Waals surface area contributed by atoms with Crippen LogP contribution in [-0.2, 0) is 9.78 Å². The van der Waals surface area contributed by atoms with E-state index in [2.05, 4.69) is 60.7 Å². The third kappa shape index (κ3) is 1.82. The average molecular weight is 262 g/mol. The first-order chi connectivity index (χ1) is 9.93. The van der Waals surface area contributed by atoms with E-state index in [1.807, 2.05) is 12.1 Å². The molecule has 98 valence electrons. The van der Waals surface area contributed by atoms with Gasteiger partial charge in [0.1, 0.15) is 12.2 Å². The van der Waals surface area contributed by atoms with Crippen molar-refractivity contribution < 1.29 is 9.78 Å². The van der Waals surface area contributed by atoms with Crippen molar-refractivity contribution in [3.8, 4) is 0 Å². The second-order valence-electron chi connectivity index (χ2n) is 4.98. The summed E-state index contributed by atoms with van der Waals surface area (Å²) in [5.41, 5.74) is 4.80. The van der Waals surface area contributed by atoms with Crippen molar-refractivity contribution in [3.05, 3.63) is 89.5 Å². The minimum Gasteiger partial charge on any atom is -0.224 e. The molecule has 1 fully saturated rings. The molecule has 0 N–H and O–H groups in total. The molecule has 1 saturated heterocycles. The number of hydrogen-bond acceptors (Lipinski definition) is 2. The second kappa shape index (κ2) is 4.75. The highest BCUT2D eigenvalue weighted by atomic mass is 17.2. The Morgan fingerprint density at radius 3 is 1.50 bits per heavy atom. The molecule has 2 aliphatic rings. The van der Waals surface area contributed by atoms with E-state index in [1.165, 1.54) is 22.3 Å². The van der Waals surface area contributed by atoms with Gasteiger partial charge in [-0.3, -0.25) is 0 Å². The first kappa shape index (κ1) is 11.6. The molecule has 0 saturated carbocycles. The molecule has 2 aromatic carbocycles. The predicted molar refractivity (Wildman–Crippen MR) is 77.8 cm³/mol. The highest BCUT2D eigenvalue weighted by molar-refractivity contribution is 5.84. The topological polar surface area (TPSA) is 18.5 Å². The molecule has 1 heterocycles. The molecule has 4 rings (SSSR count). The quantitative estimate of drug-likeness (QED) is 0.606. The summed E-state index contributed by atoms with van der Waals surface area (Å²) in [5.74, 6) is 0. The lowest BCUT2D eigenvalue weighted by atomic mass is 9.90. The maximum absolute atomic E-state index is 5.34. The molecular formula is C18H14O2. The smallest absolute Gasteiger partial charge is 0.136 e. The highest BCUT2D eigenvalue weighted by Gasteiger charge is 2.38. The van der Waals surface area contributed by atoms with E-state index in [0.717, 1.165) is 0 Å². The second-order valence-corrected chi connectivity index (χ2v) is 4.98. The Balaban J connectivity index is 1.94. The van der Waals surface area contributed by atoms with E-state index >= 15 is 0 Å². The summed E-state index contributed by atoms with van der Waals surface area (Å²) in [5, 5.41) is 0. The lowest BCUT2D eigenvalue weighted by Gasteiger charge is -2.13. The van der Waals surface area contributed by atoms with E-state index in [9.17, 15) is 0 Å². The molecule has 0 amide bonds.